The van der Waals surface area contributed by atoms with Crippen LogP contribution < -0.4 is 5.73 Å². The van der Waals surface area contributed by atoms with Gasteiger partial charge in [0.15, 0.2) is 0 Å². The van der Waals surface area contributed by atoms with E-state index in [-0.39, 0.29) is 5.41 Å². The molecule has 1 aliphatic carbocycles. The van der Waals surface area contributed by atoms with E-state index in [1.54, 1.807) is 0 Å². The Balaban J connectivity index is 2.43. The number of hydrogen-bond donors (Lipinski definition) is 1. The topological polar surface area (TPSA) is 53.0 Å². The lowest BCUT2D eigenvalue weighted by molar-refractivity contribution is 0.201. The first-order chi connectivity index (χ1) is 6.13. The van der Waals surface area contributed by atoms with Gasteiger partial charge in [0.05, 0.1) is 11.5 Å². The zero-order valence-electron chi connectivity index (χ0n) is 8.58. The fourth-order valence-corrected chi connectivity index (χ4v) is 1.53. The van der Waals surface area contributed by atoms with Crippen molar-refractivity contribution in [3.05, 3.63) is 0 Å². The maximum Gasteiger partial charge on any atom is 0.0703 e. The molecule has 0 saturated heterocycles. The van der Waals surface area contributed by atoms with Crippen LogP contribution in [0.5, 0.6) is 0 Å². The lowest BCUT2D eigenvalue weighted by Crippen LogP contribution is -2.39. The largest absolute Gasteiger partial charge is 0.329 e. The predicted molar refractivity (Wildman–Crippen MR) is 53.0 cm³/mol. The van der Waals surface area contributed by atoms with Crippen LogP contribution in [0.3, 0.4) is 0 Å². The van der Waals surface area contributed by atoms with Gasteiger partial charge in [-0.3, -0.25) is 4.90 Å². The minimum Gasteiger partial charge on any atom is -0.329 e. The Morgan fingerprint density at radius 3 is 2.46 bits per heavy atom. The Kier molecular flexibility index (Phi) is 3.29. The summed E-state index contributed by atoms with van der Waals surface area (Å²) in [6, 6.07) is 2.91. The molecule has 74 valence electrons. The molecule has 0 unspecified atom stereocenters. The molecule has 0 radical (unpaired) electrons. The van der Waals surface area contributed by atoms with Crippen LogP contribution in [0, 0.1) is 16.7 Å². The number of nitrogens with zero attached hydrogens (tertiary/aromatic N) is 2. The molecule has 0 aromatic carbocycles. The molecule has 0 bridgehead atoms. The summed E-state index contributed by atoms with van der Waals surface area (Å²) in [5.41, 5.74) is 5.50. The molecule has 13 heavy (non-hydrogen) atoms. The Morgan fingerprint density at radius 2 is 2.15 bits per heavy atom. The third-order valence-electron chi connectivity index (χ3n) is 2.74. The summed E-state index contributed by atoms with van der Waals surface area (Å²) in [5.74, 6) is 0. The monoisotopic (exact) mass is 181 g/mol. The molecular weight excluding hydrogens is 162 g/mol. The Labute approximate surface area is 80.5 Å². The van der Waals surface area contributed by atoms with Crippen molar-refractivity contribution in [1.82, 2.24) is 4.90 Å². The summed E-state index contributed by atoms with van der Waals surface area (Å²) in [5, 5.41) is 8.95. The zero-order chi connectivity index (χ0) is 9.90. The van der Waals surface area contributed by atoms with E-state index < -0.39 is 0 Å². The van der Waals surface area contributed by atoms with Gasteiger partial charge in [-0.2, -0.15) is 5.26 Å². The van der Waals surface area contributed by atoms with Gasteiger partial charge in [-0.05, 0) is 26.7 Å². The van der Waals surface area contributed by atoms with Crippen molar-refractivity contribution in [2.75, 3.05) is 19.6 Å². The van der Waals surface area contributed by atoms with Crippen LogP contribution in [0.4, 0.5) is 0 Å². The first-order valence-corrected chi connectivity index (χ1v) is 4.99. The molecule has 3 heteroatoms. The summed E-state index contributed by atoms with van der Waals surface area (Å²) < 4.78 is 0. The van der Waals surface area contributed by atoms with Crippen LogP contribution >= 0.6 is 0 Å². The van der Waals surface area contributed by atoms with Crippen molar-refractivity contribution in [2.24, 2.45) is 11.1 Å². The summed E-state index contributed by atoms with van der Waals surface area (Å²) in [7, 11) is 0. The highest BCUT2D eigenvalue weighted by molar-refractivity contribution is 5.11. The van der Waals surface area contributed by atoms with Crippen molar-refractivity contribution in [1.29, 1.82) is 5.26 Å². The van der Waals surface area contributed by atoms with Gasteiger partial charge in [0.1, 0.15) is 0 Å². The molecule has 3 nitrogen and oxygen atoms in total. The van der Waals surface area contributed by atoms with Gasteiger partial charge < -0.3 is 5.73 Å². The molecule has 0 aliphatic heterocycles. The smallest absolute Gasteiger partial charge is 0.0703 e. The van der Waals surface area contributed by atoms with E-state index in [9.17, 15) is 0 Å². The number of nitriles is 1. The quantitative estimate of drug-likeness (QED) is 0.687. The van der Waals surface area contributed by atoms with Gasteiger partial charge in [-0.25, -0.2) is 0 Å². The molecule has 0 heterocycles. The second kappa shape index (κ2) is 4.08. The van der Waals surface area contributed by atoms with Crippen LogP contribution in [0.1, 0.15) is 26.7 Å². The standard InChI is InChI=1S/C10H19N3/c1-9(2)13(6-5-11)8-10(7-12)3-4-10/h9H,3-6,8,11H2,1-2H3. The predicted octanol–water partition coefficient (Wildman–Crippen LogP) is 0.959. The van der Waals surface area contributed by atoms with E-state index >= 15 is 0 Å². The third-order valence-corrected chi connectivity index (χ3v) is 2.74. The molecule has 0 aromatic rings. The molecule has 0 amide bonds. The minimum atomic E-state index is -0.0283. The number of rotatable bonds is 5. The van der Waals surface area contributed by atoms with Crippen LogP contribution in [0.25, 0.3) is 0 Å². The molecule has 0 aromatic heterocycles. The molecule has 2 N–H and O–H groups in total. The van der Waals surface area contributed by atoms with Gasteiger partial charge in [0.25, 0.3) is 0 Å². The lowest BCUT2D eigenvalue weighted by Gasteiger charge is -2.27. The van der Waals surface area contributed by atoms with E-state index in [1.807, 2.05) is 0 Å². The maximum absolute atomic E-state index is 8.95. The van der Waals surface area contributed by atoms with E-state index in [2.05, 4.69) is 24.8 Å². The van der Waals surface area contributed by atoms with Gasteiger partial charge in [-0.15, -0.1) is 0 Å². The summed E-state index contributed by atoms with van der Waals surface area (Å²) in [6.07, 6.45) is 2.13. The van der Waals surface area contributed by atoms with Crippen molar-refractivity contribution in [3.8, 4) is 6.07 Å². The van der Waals surface area contributed by atoms with Crippen LogP contribution in [0.2, 0.25) is 0 Å². The molecule has 1 aliphatic rings. The van der Waals surface area contributed by atoms with Crippen molar-refractivity contribution in [3.63, 3.8) is 0 Å². The average molecular weight is 181 g/mol. The second-order valence-electron chi connectivity index (χ2n) is 4.25. The fraction of sp³-hybridized carbons (Fsp3) is 0.900. The molecule has 0 atom stereocenters. The highest BCUT2D eigenvalue weighted by Crippen LogP contribution is 2.45. The Hall–Kier alpha value is -0.590. The SMILES string of the molecule is CC(C)N(CCN)CC1(C#N)CC1. The van der Waals surface area contributed by atoms with Gasteiger partial charge >= 0.3 is 0 Å². The van der Waals surface area contributed by atoms with Crippen LogP contribution in [-0.2, 0) is 0 Å². The summed E-state index contributed by atoms with van der Waals surface area (Å²) in [4.78, 5) is 2.30. The van der Waals surface area contributed by atoms with E-state index in [0.717, 1.165) is 25.9 Å². The lowest BCUT2D eigenvalue weighted by atomic mass is 10.1. The second-order valence-corrected chi connectivity index (χ2v) is 4.25. The minimum absolute atomic E-state index is 0.0283. The zero-order valence-corrected chi connectivity index (χ0v) is 8.58. The normalized spacial score (nSPS) is 19.1. The molecule has 1 rings (SSSR count). The highest BCUT2D eigenvalue weighted by Gasteiger charge is 2.44. The maximum atomic E-state index is 8.95. The first kappa shape index (κ1) is 10.5. The van der Waals surface area contributed by atoms with Crippen molar-refractivity contribution in [2.45, 2.75) is 32.7 Å². The van der Waals surface area contributed by atoms with Crippen molar-refractivity contribution >= 4 is 0 Å². The molecule has 0 spiro atoms. The first-order valence-electron chi connectivity index (χ1n) is 4.99. The fourth-order valence-electron chi connectivity index (χ4n) is 1.53. The molecule has 1 fully saturated rings. The van der Waals surface area contributed by atoms with Crippen LogP contribution in [-0.4, -0.2) is 30.6 Å². The third kappa shape index (κ3) is 2.68. The highest BCUT2D eigenvalue weighted by atomic mass is 15.2. The number of nitrogens with two attached hydrogens (primary N) is 1. The Bertz CT molecular complexity index is 201. The summed E-state index contributed by atoms with van der Waals surface area (Å²) >= 11 is 0. The average Bonchev–Trinajstić information content (AvgIpc) is 2.85. The molecule has 1 saturated carbocycles. The van der Waals surface area contributed by atoms with Gasteiger partial charge in [-0.1, -0.05) is 0 Å². The Morgan fingerprint density at radius 1 is 1.54 bits per heavy atom. The number of hydrogen-bond acceptors (Lipinski definition) is 3. The van der Waals surface area contributed by atoms with E-state index in [0.29, 0.717) is 12.6 Å². The van der Waals surface area contributed by atoms with Crippen molar-refractivity contribution < 1.29 is 0 Å². The van der Waals surface area contributed by atoms with E-state index in [1.165, 1.54) is 0 Å². The van der Waals surface area contributed by atoms with E-state index in [4.69, 9.17) is 11.0 Å². The molecular formula is C10H19N3. The summed E-state index contributed by atoms with van der Waals surface area (Å²) in [6.45, 7) is 6.80. The van der Waals surface area contributed by atoms with Gasteiger partial charge in [0, 0.05) is 25.7 Å². The van der Waals surface area contributed by atoms with Gasteiger partial charge in [0.2, 0.25) is 0 Å². The van der Waals surface area contributed by atoms with Crippen LogP contribution in [0.15, 0.2) is 0 Å².